The second-order valence-corrected chi connectivity index (χ2v) is 9.37. The van der Waals surface area contributed by atoms with Crippen molar-refractivity contribution in [2.24, 2.45) is 17.6 Å². The number of piperidine rings is 1. The molecule has 0 unspecified atom stereocenters. The summed E-state index contributed by atoms with van der Waals surface area (Å²) < 4.78 is 34.9. The first-order valence-electron chi connectivity index (χ1n) is 10.0. The highest BCUT2D eigenvalue weighted by Crippen LogP contribution is 2.45. The minimum Gasteiger partial charge on any atom is -0.464 e. The topological polar surface area (TPSA) is 72.6 Å². The van der Waals surface area contributed by atoms with E-state index in [-0.39, 0.29) is 60.9 Å². The van der Waals surface area contributed by atoms with Crippen molar-refractivity contribution in [3.63, 3.8) is 0 Å². The van der Waals surface area contributed by atoms with Gasteiger partial charge >= 0.3 is 5.97 Å². The second kappa shape index (κ2) is 8.97. The summed E-state index contributed by atoms with van der Waals surface area (Å²) in [5.41, 5.74) is 5.35. The Kier molecular flexibility index (Phi) is 6.94. The normalized spacial score (nSPS) is 25.0. The van der Waals surface area contributed by atoms with E-state index in [4.69, 9.17) is 33.7 Å². The lowest BCUT2D eigenvalue weighted by Gasteiger charge is -2.45. The van der Waals surface area contributed by atoms with Crippen LogP contribution in [0.25, 0.3) is 0 Å². The smallest absolute Gasteiger partial charge is 0.302 e. The molecular formula is C21H26Cl2F2N2O3. The number of hydrogen-bond donors (Lipinski definition) is 1. The molecule has 1 saturated carbocycles. The van der Waals surface area contributed by atoms with E-state index < -0.39 is 17.4 Å². The predicted octanol–water partition coefficient (Wildman–Crippen LogP) is 4.38. The first kappa shape index (κ1) is 23.2. The number of benzene rings is 1. The van der Waals surface area contributed by atoms with E-state index in [1.807, 2.05) is 0 Å². The molecule has 0 radical (unpaired) electrons. The van der Waals surface area contributed by atoms with Crippen molar-refractivity contribution in [2.75, 3.05) is 19.7 Å². The number of nitrogens with zero attached hydrogens (tertiary/aromatic N) is 1. The fraction of sp³-hybridized carbons (Fsp3) is 0.619. The van der Waals surface area contributed by atoms with Gasteiger partial charge in [0, 0.05) is 42.9 Å². The average molecular weight is 463 g/mol. The maximum atomic E-state index is 15.0. The Labute approximate surface area is 184 Å². The van der Waals surface area contributed by atoms with Crippen LogP contribution in [0.4, 0.5) is 8.78 Å². The van der Waals surface area contributed by atoms with Crippen molar-refractivity contribution < 1.29 is 23.1 Å². The molecule has 1 aliphatic carbocycles. The van der Waals surface area contributed by atoms with Crippen LogP contribution in [0, 0.1) is 11.8 Å². The predicted molar refractivity (Wildman–Crippen MR) is 111 cm³/mol. The van der Waals surface area contributed by atoms with Crippen molar-refractivity contribution in [2.45, 2.75) is 50.5 Å². The number of amides is 1. The largest absolute Gasteiger partial charge is 0.464 e. The molecule has 1 aromatic rings. The maximum absolute atomic E-state index is 15.0. The Morgan fingerprint density at radius 3 is 2.47 bits per heavy atom. The van der Waals surface area contributed by atoms with Gasteiger partial charge in [0.2, 0.25) is 5.91 Å². The average Bonchev–Trinajstić information content (AvgIpc) is 2.65. The van der Waals surface area contributed by atoms with E-state index >= 15 is 0 Å². The lowest BCUT2D eigenvalue weighted by molar-refractivity contribution is -0.146. The molecule has 0 bridgehead atoms. The quantitative estimate of drug-likeness (QED) is 0.636. The molecule has 0 aromatic heterocycles. The number of hydrogen-bond acceptors (Lipinski definition) is 4. The number of alkyl halides is 2. The van der Waals surface area contributed by atoms with Crippen molar-refractivity contribution >= 4 is 35.1 Å². The first-order chi connectivity index (χ1) is 14.0. The van der Waals surface area contributed by atoms with Crippen LogP contribution in [0.2, 0.25) is 10.0 Å². The highest BCUT2D eigenvalue weighted by Gasteiger charge is 2.46. The van der Waals surface area contributed by atoms with Crippen molar-refractivity contribution in [1.29, 1.82) is 0 Å². The molecule has 1 amide bonds. The van der Waals surface area contributed by atoms with E-state index in [0.29, 0.717) is 24.3 Å². The van der Waals surface area contributed by atoms with Gasteiger partial charge in [-0.1, -0.05) is 29.3 Å². The summed E-state index contributed by atoms with van der Waals surface area (Å²) >= 11 is 11.8. The molecule has 1 aromatic carbocycles. The van der Waals surface area contributed by atoms with Gasteiger partial charge in [0.15, 0.2) is 0 Å². The van der Waals surface area contributed by atoms with E-state index in [9.17, 15) is 18.4 Å². The molecule has 0 atom stereocenters. The van der Waals surface area contributed by atoms with Crippen molar-refractivity contribution in [1.82, 2.24) is 4.90 Å². The minimum absolute atomic E-state index is 0.0409. The van der Waals surface area contributed by atoms with E-state index in [2.05, 4.69) is 0 Å². The summed E-state index contributed by atoms with van der Waals surface area (Å²) in [4.78, 5) is 25.1. The van der Waals surface area contributed by atoms with Crippen LogP contribution < -0.4 is 5.73 Å². The van der Waals surface area contributed by atoms with Crippen LogP contribution in [0.15, 0.2) is 18.2 Å². The maximum Gasteiger partial charge on any atom is 0.302 e. The van der Waals surface area contributed by atoms with Crippen LogP contribution >= 0.6 is 23.2 Å². The van der Waals surface area contributed by atoms with Gasteiger partial charge in [-0.05, 0) is 43.7 Å². The molecule has 5 nitrogen and oxygen atoms in total. The summed E-state index contributed by atoms with van der Waals surface area (Å²) in [6.07, 6.45) is 1.96. The number of ether oxygens (including phenoxy) is 1. The van der Waals surface area contributed by atoms with Crippen LogP contribution in [0.1, 0.15) is 44.6 Å². The number of likely N-dealkylation sites (tertiary alicyclic amines) is 1. The lowest BCUT2D eigenvalue weighted by Crippen LogP contribution is -2.56. The Morgan fingerprint density at radius 1 is 1.27 bits per heavy atom. The SMILES string of the molecule is CC(=O)OC[C@]1(N)C[C@@H](CC(=O)N2CCC(C(F)(F)c3ccc(Cl)cc3Cl)CC2)C1. The molecule has 1 heterocycles. The number of carbonyl (C=O) groups is 2. The standard InChI is InChI=1S/C21H26Cl2F2N2O3/c1-13(28)30-12-20(26)10-14(11-20)8-19(29)27-6-4-15(5-7-27)21(24,25)17-3-2-16(22)9-18(17)23/h2-3,9,14-15H,4-8,10-12,26H2,1H3/t14-,20+. The van der Waals surface area contributed by atoms with E-state index in [1.165, 1.54) is 25.1 Å². The van der Waals surface area contributed by atoms with Crippen LogP contribution in [0.5, 0.6) is 0 Å². The number of esters is 1. The Balaban J connectivity index is 1.48. The molecule has 1 saturated heterocycles. The summed E-state index contributed by atoms with van der Waals surface area (Å²) in [5.74, 6) is -4.25. The zero-order chi connectivity index (χ0) is 22.1. The van der Waals surface area contributed by atoms with Crippen LogP contribution in [-0.4, -0.2) is 42.0 Å². The summed E-state index contributed by atoms with van der Waals surface area (Å²) in [6, 6.07) is 4.00. The lowest BCUT2D eigenvalue weighted by atomic mass is 9.68. The van der Waals surface area contributed by atoms with Gasteiger partial charge < -0.3 is 15.4 Å². The Hall–Kier alpha value is -1.44. The number of nitrogens with two attached hydrogens (primary N) is 1. The minimum atomic E-state index is -3.08. The third-order valence-electron chi connectivity index (χ3n) is 6.07. The molecule has 9 heteroatoms. The van der Waals surface area contributed by atoms with Gasteiger partial charge in [-0.25, -0.2) is 8.78 Å². The van der Waals surface area contributed by atoms with Crippen molar-refractivity contribution in [3.05, 3.63) is 33.8 Å². The molecular weight excluding hydrogens is 437 g/mol. The fourth-order valence-electron chi connectivity index (χ4n) is 4.44. The molecule has 2 fully saturated rings. The number of halogens is 4. The van der Waals surface area contributed by atoms with Gasteiger partial charge in [0.1, 0.15) is 6.61 Å². The second-order valence-electron chi connectivity index (χ2n) is 8.52. The molecule has 30 heavy (non-hydrogen) atoms. The Morgan fingerprint density at radius 2 is 1.90 bits per heavy atom. The van der Waals surface area contributed by atoms with Crippen LogP contribution in [0.3, 0.4) is 0 Å². The zero-order valence-corrected chi connectivity index (χ0v) is 18.3. The highest BCUT2D eigenvalue weighted by molar-refractivity contribution is 6.35. The monoisotopic (exact) mass is 462 g/mol. The molecule has 0 spiro atoms. The first-order valence-corrected chi connectivity index (χ1v) is 10.8. The zero-order valence-electron chi connectivity index (χ0n) is 16.8. The molecule has 1 aliphatic heterocycles. The summed E-state index contributed by atoms with van der Waals surface area (Å²) in [5, 5.41) is 0.264. The van der Waals surface area contributed by atoms with Gasteiger partial charge in [-0.15, -0.1) is 0 Å². The molecule has 2 aliphatic rings. The Bertz CT molecular complexity index is 807. The van der Waals surface area contributed by atoms with Gasteiger partial charge in [-0.2, -0.15) is 0 Å². The van der Waals surface area contributed by atoms with E-state index in [0.717, 1.165) is 0 Å². The van der Waals surface area contributed by atoms with Gasteiger partial charge in [-0.3, -0.25) is 9.59 Å². The number of rotatable bonds is 6. The van der Waals surface area contributed by atoms with Gasteiger partial charge in [0.05, 0.1) is 10.6 Å². The molecule has 166 valence electrons. The molecule has 3 rings (SSSR count). The third-order valence-corrected chi connectivity index (χ3v) is 6.62. The van der Waals surface area contributed by atoms with Crippen molar-refractivity contribution in [3.8, 4) is 0 Å². The number of carbonyl (C=O) groups excluding carboxylic acids is 2. The van der Waals surface area contributed by atoms with E-state index in [1.54, 1.807) is 4.90 Å². The summed E-state index contributed by atoms with van der Waals surface area (Å²) in [7, 11) is 0. The summed E-state index contributed by atoms with van der Waals surface area (Å²) in [6.45, 7) is 2.06. The van der Waals surface area contributed by atoms with Gasteiger partial charge in [0.25, 0.3) is 5.92 Å². The van der Waals surface area contributed by atoms with Crippen LogP contribution in [-0.2, 0) is 20.2 Å². The third kappa shape index (κ3) is 5.24. The molecule has 2 N–H and O–H groups in total. The highest BCUT2D eigenvalue weighted by atomic mass is 35.5. The fourth-order valence-corrected chi connectivity index (χ4v) is 4.98.